The van der Waals surface area contributed by atoms with E-state index in [4.69, 9.17) is 0 Å². The summed E-state index contributed by atoms with van der Waals surface area (Å²) in [6.07, 6.45) is 0. The van der Waals surface area contributed by atoms with E-state index in [0.29, 0.717) is 0 Å². The van der Waals surface area contributed by atoms with E-state index in [1.165, 1.54) is 27.1 Å². The second-order valence-electron chi connectivity index (χ2n) is 4.01. The molecule has 0 fully saturated rings. The third kappa shape index (κ3) is 3.35. The van der Waals surface area contributed by atoms with Crippen LogP contribution in [0.5, 0.6) is 0 Å². The summed E-state index contributed by atoms with van der Waals surface area (Å²) in [6, 6.07) is 19.5. The molecule has 3 aromatic carbocycles. The van der Waals surface area contributed by atoms with E-state index in [1.54, 1.807) is 0 Å². The normalized spacial score (nSPS) is 9.00. The Balaban J connectivity index is 0.000000776. The molecule has 102 valence electrons. The highest BCUT2D eigenvalue weighted by atomic mass is 14.0. The van der Waals surface area contributed by atoms with Gasteiger partial charge in [0.05, 0.1) is 0 Å². The molecular weight excluding hydrogens is 228 g/mol. The van der Waals surface area contributed by atoms with Crippen LogP contribution in [0.4, 0.5) is 0 Å². The Morgan fingerprint density at radius 1 is 0.632 bits per heavy atom. The minimum absolute atomic E-state index is 0. The highest BCUT2D eigenvalue weighted by Gasteiger charge is 1.99. The van der Waals surface area contributed by atoms with Crippen molar-refractivity contribution in [3.8, 4) is 0 Å². The number of hydrogen-bond acceptors (Lipinski definition) is 0. The summed E-state index contributed by atoms with van der Waals surface area (Å²) in [4.78, 5) is 0. The summed E-state index contributed by atoms with van der Waals surface area (Å²) in [7, 11) is 0. The molecule has 3 aromatic rings. The van der Waals surface area contributed by atoms with Crippen molar-refractivity contribution < 1.29 is 0 Å². The molecule has 0 heteroatoms. The maximum absolute atomic E-state index is 2.26. The molecule has 0 saturated heterocycles. The Kier molecular flexibility index (Phi) is 6.85. The Morgan fingerprint density at radius 3 is 1.84 bits per heavy atom. The minimum atomic E-state index is 0. The second kappa shape index (κ2) is 7.58. The van der Waals surface area contributed by atoms with Gasteiger partial charge in [-0.15, -0.1) is 0 Å². The summed E-state index contributed by atoms with van der Waals surface area (Å²) in [5.41, 5.74) is 1.32. The predicted octanol–water partition coefficient (Wildman–Crippen LogP) is 6.60. The van der Waals surface area contributed by atoms with E-state index in [0.717, 1.165) is 0 Å². The lowest BCUT2D eigenvalue weighted by Gasteiger charge is -2.04. The fourth-order valence-corrected chi connectivity index (χ4v) is 2.12. The zero-order valence-corrected chi connectivity index (χ0v) is 10.7. The smallest absolute Gasteiger partial charge is 0.0103 e. The molecule has 0 amide bonds. The molecule has 0 N–H and O–H groups in total. The molecule has 0 aliphatic carbocycles. The number of fused-ring (bicyclic) bond motifs is 3. The van der Waals surface area contributed by atoms with Crippen molar-refractivity contribution in [3.05, 3.63) is 60.2 Å². The van der Waals surface area contributed by atoms with Gasteiger partial charge in [-0.25, -0.2) is 0 Å². The van der Waals surface area contributed by atoms with Gasteiger partial charge in [-0.05, 0) is 28.5 Å². The van der Waals surface area contributed by atoms with Gasteiger partial charge < -0.3 is 0 Å². The average Bonchev–Trinajstić information content (AvgIpc) is 2.41. The first-order chi connectivity index (χ1) is 8.34. The van der Waals surface area contributed by atoms with Crippen molar-refractivity contribution in [1.29, 1.82) is 0 Å². The summed E-state index contributed by atoms with van der Waals surface area (Å²) in [6.45, 7) is 6.14. The standard InChI is InChI=1S/C15H12.C2H6.2CH4/c1-11-6-7-13-9-8-12-4-2-3-5-14(12)15(13)10-11;1-2;;/h2-10H,1H3;1-2H3;2*1H4. The maximum atomic E-state index is 2.26. The highest BCUT2D eigenvalue weighted by Crippen LogP contribution is 2.25. The van der Waals surface area contributed by atoms with Crippen molar-refractivity contribution in [2.45, 2.75) is 35.6 Å². The third-order valence-electron chi connectivity index (χ3n) is 2.90. The average molecular weight is 254 g/mol. The largest absolute Gasteiger partial charge is 0.0776 e. The molecule has 19 heavy (non-hydrogen) atoms. The van der Waals surface area contributed by atoms with E-state index in [9.17, 15) is 0 Å². The number of hydrogen-bond donors (Lipinski definition) is 0. The molecule has 0 aromatic heterocycles. The first kappa shape index (κ1) is 17.2. The first-order valence-corrected chi connectivity index (χ1v) is 6.23. The Hall–Kier alpha value is -1.82. The van der Waals surface area contributed by atoms with Gasteiger partial charge in [0.2, 0.25) is 0 Å². The predicted molar refractivity (Wildman–Crippen MR) is 91.0 cm³/mol. The van der Waals surface area contributed by atoms with Gasteiger partial charge in [-0.3, -0.25) is 0 Å². The van der Waals surface area contributed by atoms with Crippen LogP contribution in [0.2, 0.25) is 0 Å². The van der Waals surface area contributed by atoms with Gasteiger partial charge in [-0.1, -0.05) is 88.9 Å². The van der Waals surface area contributed by atoms with Crippen LogP contribution in [-0.4, -0.2) is 0 Å². The Morgan fingerprint density at radius 2 is 1.16 bits per heavy atom. The van der Waals surface area contributed by atoms with E-state index in [2.05, 4.69) is 61.5 Å². The molecule has 0 nitrogen and oxygen atoms in total. The quantitative estimate of drug-likeness (QED) is 0.396. The molecule has 0 bridgehead atoms. The summed E-state index contributed by atoms with van der Waals surface area (Å²) in [5.74, 6) is 0. The number of aryl methyl sites for hydroxylation is 1. The monoisotopic (exact) mass is 254 g/mol. The van der Waals surface area contributed by atoms with Gasteiger partial charge in [0.25, 0.3) is 0 Å². The molecule has 0 atom stereocenters. The number of rotatable bonds is 0. The van der Waals surface area contributed by atoms with Crippen LogP contribution in [0.3, 0.4) is 0 Å². The summed E-state index contributed by atoms with van der Waals surface area (Å²) >= 11 is 0. The van der Waals surface area contributed by atoms with Gasteiger partial charge in [0, 0.05) is 0 Å². The van der Waals surface area contributed by atoms with Crippen molar-refractivity contribution >= 4 is 21.5 Å². The van der Waals surface area contributed by atoms with Gasteiger partial charge in [0.15, 0.2) is 0 Å². The molecule has 0 unspecified atom stereocenters. The molecule has 0 spiro atoms. The van der Waals surface area contributed by atoms with Crippen LogP contribution in [0.15, 0.2) is 54.6 Å². The van der Waals surface area contributed by atoms with Gasteiger partial charge >= 0.3 is 0 Å². The SMILES string of the molecule is C.C.CC.Cc1ccc2ccc3ccccc3c2c1. The molecule has 0 saturated carbocycles. The molecular formula is C19H26. The lowest BCUT2D eigenvalue weighted by molar-refractivity contribution is 1.50. The van der Waals surface area contributed by atoms with Crippen molar-refractivity contribution in [2.75, 3.05) is 0 Å². The topological polar surface area (TPSA) is 0 Å². The number of benzene rings is 3. The molecule has 0 aliphatic rings. The first-order valence-electron chi connectivity index (χ1n) is 6.23. The fraction of sp³-hybridized carbons (Fsp3) is 0.263. The lowest BCUT2D eigenvalue weighted by atomic mass is 10.0. The second-order valence-corrected chi connectivity index (χ2v) is 4.01. The molecule has 0 radical (unpaired) electrons. The molecule has 3 rings (SSSR count). The summed E-state index contributed by atoms with van der Waals surface area (Å²) in [5, 5.41) is 5.33. The third-order valence-corrected chi connectivity index (χ3v) is 2.90. The zero-order valence-electron chi connectivity index (χ0n) is 10.7. The van der Waals surface area contributed by atoms with Crippen molar-refractivity contribution in [2.24, 2.45) is 0 Å². The van der Waals surface area contributed by atoms with Crippen LogP contribution in [-0.2, 0) is 0 Å². The summed E-state index contributed by atoms with van der Waals surface area (Å²) < 4.78 is 0. The van der Waals surface area contributed by atoms with E-state index >= 15 is 0 Å². The molecule has 0 aliphatic heterocycles. The van der Waals surface area contributed by atoms with Crippen molar-refractivity contribution in [1.82, 2.24) is 0 Å². The maximum Gasteiger partial charge on any atom is -0.0103 e. The minimum Gasteiger partial charge on any atom is -0.0776 e. The zero-order chi connectivity index (χ0) is 12.3. The van der Waals surface area contributed by atoms with E-state index in [1.807, 2.05) is 13.8 Å². The molecule has 0 heterocycles. The fourth-order valence-electron chi connectivity index (χ4n) is 2.12. The van der Waals surface area contributed by atoms with Crippen LogP contribution >= 0.6 is 0 Å². The van der Waals surface area contributed by atoms with Crippen molar-refractivity contribution in [3.63, 3.8) is 0 Å². The van der Waals surface area contributed by atoms with Crippen LogP contribution in [0.25, 0.3) is 21.5 Å². The van der Waals surface area contributed by atoms with E-state index in [-0.39, 0.29) is 14.9 Å². The van der Waals surface area contributed by atoms with Gasteiger partial charge in [0.1, 0.15) is 0 Å². The van der Waals surface area contributed by atoms with E-state index < -0.39 is 0 Å². The highest BCUT2D eigenvalue weighted by molar-refractivity contribution is 6.07. The Bertz CT molecular complexity index is 636. The van der Waals surface area contributed by atoms with Crippen LogP contribution in [0.1, 0.15) is 34.3 Å². The lowest BCUT2D eigenvalue weighted by Crippen LogP contribution is -1.78. The van der Waals surface area contributed by atoms with Crippen LogP contribution in [0, 0.1) is 6.92 Å². The van der Waals surface area contributed by atoms with Gasteiger partial charge in [-0.2, -0.15) is 0 Å². The Labute approximate surface area is 118 Å². The van der Waals surface area contributed by atoms with Crippen LogP contribution < -0.4 is 0 Å².